The van der Waals surface area contributed by atoms with Gasteiger partial charge in [-0.2, -0.15) is 9.78 Å². The van der Waals surface area contributed by atoms with E-state index >= 15 is 0 Å². The third-order valence-electron chi connectivity index (χ3n) is 7.92. The van der Waals surface area contributed by atoms with Gasteiger partial charge in [-0.1, -0.05) is 24.3 Å². The number of aromatic nitrogens is 2. The molecule has 0 radical (unpaired) electrons. The molecule has 2 fully saturated rings. The summed E-state index contributed by atoms with van der Waals surface area (Å²) in [6, 6.07) is 16.6. The van der Waals surface area contributed by atoms with E-state index in [1.54, 1.807) is 75.9 Å². The summed E-state index contributed by atoms with van der Waals surface area (Å²) in [4.78, 5) is 52.7. The van der Waals surface area contributed by atoms with Gasteiger partial charge in [-0.3, -0.25) is 25.1 Å². The molecule has 0 unspecified atom stereocenters. The van der Waals surface area contributed by atoms with E-state index < -0.39 is 45.6 Å². The number of ether oxygens (including phenoxy) is 3. The summed E-state index contributed by atoms with van der Waals surface area (Å²) in [6.45, 7) is 9.13. The van der Waals surface area contributed by atoms with Crippen LogP contribution in [0.5, 0.6) is 0 Å². The van der Waals surface area contributed by atoms with Crippen LogP contribution in [0.2, 0.25) is 0 Å². The zero-order valence-electron chi connectivity index (χ0n) is 27.0. The first-order valence-electron chi connectivity index (χ1n) is 15.2. The number of carbonyl (C=O) groups is 2. The minimum atomic E-state index is -0.910. The molecule has 15 nitrogen and oxygen atoms in total. The average molecular weight is 659 g/mol. The van der Waals surface area contributed by atoms with Crippen molar-refractivity contribution in [2.24, 2.45) is 0 Å². The standard InChI is InChI=1S/C33H34N6O9/c1-32(2,3)48-31(41)37-26-13-12-22(16-25(26)29(34-37)21-9-7-11-24(15-21)39(44)45)36-19-28-27(46-33(4,5)47-28)18-35(30(36)40)17-20-8-6-10-23(14-20)38(42)43/h6-16,27-28H,17-19H2,1-5H3/t27-,28-/m0/s1. The number of nitro groups is 2. The lowest BCUT2D eigenvalue weighted by Gasteiger charge is -2.30. The molecular weight excluding hydrogens is 624 g/mol. The number of non-ortho nitro benzene ring substituents is 2. The molecule has 4 aromatic rings. The molecular formula is C33H34N6O9. The first kappa shape index (κ1) is 32.5. The van der Waals surface area contributed by atoms with E-state index in [-0.39, 0.29) is 36.7 Å². The highest BCUT2D eigenvalue weighted by Crippen LogP contribution is 2.37. The van der Waals surface area contributed by atoms with Crippen molar-refractivity contribution < 1.29 is 33.6 Å². The Morgan fingerprint density at radius 2 is 1.60 bits per heavy atom. The first-order valence-corrected chi connectivity index (χ1v) is 15.2. The normalized spacial score (nSPS) is 19.2. The van der Waals surface area contributed by atoms with Crippen LogP contribution in [0.15, 0.2) is 66.7 Å². The average Bonchev–Trinajstić information content (AvgIpc) is 3.50. The molecule has 15 heteroatoms. The van der Waals surface area contributed by atoms with Crippen LogP contribution < -0.4 is 4.90 Å². The molecule has 0 bridgehead atoms. The molecule has 2 saturated heterocycles. The SMILES string of the molecule is CC(C)(C)OC(=O)n1nc(-c2cccc([N+](=O)[O-])c2)c2cc(N3C[C@@H]4OC(C)(C)O[C@H]4CN(Cc4cccc([N+](=O)[O-])c4)C3=O)ccc21. The maximum atomic E-state index is 14.3. The van der Waals surface area contributed by atoms with Crippen LogP contribution in [0.25, 0.3) is 22.2 Å². The van der Waals surface area contributed by atoms with Crippen molar-refractivity contribution in [1.82, 2.24) is 14.7 Å². The maximum absolute atomic E-state index is 14.3. The monoisotopic (exact) mass is 658 g/mol. The molecule has 3 heterocycles. The fourth-order valence-electron chi connectivity index (χ4n) is 5.98. The van der Waals surface area contributed by atoms with Crippen LogP contribution in [-0.4, -0.2) is 73.3 Å². The number of fused-ring (bicyclic) bond motifs is 2. The van der Waals surface area contributed by atoms with Crippen molar-refractivity contribution in [3.63, 3.8) is 0 Å². The molecule has 2 amide bonds. The lowest BCUT2D eigenvalue weighted by Crippen LogP contribution is -2.43. The smallest absolute Gasteiger partial charge is 0.435 e. The van der Waals surface area contributed by atoms with Crippen LogP contribution in [0, 0.1) is 20.2 Å². The Bertz CT molecular complexity index is 1950. The Balaban J connectivity index is 1.45. The molecule has 6 rings (SSSR count). The van der Waals surface area contributed by atoms with Gasteiger partial charge in [0.1, 0.15) is 23.5 Å². The summed E-state index contributed by atoms with van der Waals surface area (Å²) >= 11 is 0. The molecule has 2 aliphatic heterocycles. The van der Waals surface area contributed by atoms with E-state index in [0.717, 1.165) is 4.68 Å². The van der Waals surface area contributed by atoms with Crippen LogP contribution >= 0.6 is 0 Å². The van der Waals surface area contributed by atoms with Crippen molar-refractivity contribution in [3.8, 4) is 11.3 Å². The zero-order chi connectivity index (χ0) is 34.5. The molecule has 0 saturated carbocycles. The molecule has 250 valence electrons. The fourth-order valence-corrected chi connectivity index (χ4v) is 5.98. The Morgan fingerprint density at radius 1 is 0.958 bits per heavy atom. The topological polar surface area (TPSA) is 172 Å². The predicted molar refractivity (Wildman–Crippen MR) is 174 cm³/mol. The summed E-state index contributed by atoms with van der Waals surface area (Å²) < 4.78 is 19.1. The van der Waals surface area contributed by atoms with Crippen LogP contribution in [0.1, 0.15) is 40.2 Å². The van der Waals surface area contributed by atoms with E-state index in [4.69, 9.17) is 14.2 Å². The third kappa shape index (κ3) is 6.55. The number of anilines is 1. The molecule has 1 aromatic heterocycles. The van der Waals surface area contributed by atoms with Gasteiger partial charge in [-0.15, -0.1) is 0 Å². The van der Waals surface area contributed by atoms with Gasteiger partial charge in [-0.05, 0) is 58.4 Å². The molecule has 0 N–H and O–H groups in total. The summed E-state index contributed by atoms with van der Waals surface area (Å²) in [7, 11) is 0. The number of amides is 2. The van der Waals surface area contributed by atoms with Crippen LogP contribution in [-0.2, 0) is 20.8 Å². The van der Waals surface area contributed by atoms with Gasteiger partial charge in [0.15, 0.2) is 5.79 Å². The first-order chi connectivity index (χ1) is 22.6. The molecule has 2 atom stereocenters. The highest BCUT2D eigenvalue weighted by atomic mass is 16.8. The predicted octanol–water partition coefficient (Wildman–Crippen LogP) is 6.27. The number of benzene rings is 3. The Labute approximate surface area is 274 Å². The van der Waals surface area contributed by atoms with E-state index in [0.29, 0.717) is 27.7 Å². The van der Waals surface area contributed by atoms with Crippen molar-refractivity contribution in [2.45, 2.75) is 64.8 Å². The second-order valence-electron chi connectivity index (χ2n) is 13.2. The number of nitrogens with zero attached hydrogens (tertiary/aromatic N) is 6. The van der Waals surface area contributed by atoms with Gasteiger partial charge in [0.2, 0.25) is 0 Å². The van der Waals surface area contributed by atoms with Crippen LogP contribution in [0.3, 0.4) is 0 Å². The largest absolute Gasteiger partial charge is 0.442 e. The van der Waals surface area contributed by atoms with E-state index in [1.807, 2.05) is 0 Å². The second kappa shape index (κ2) is 12.0. The van der Waals surface area contributed by atoms with Gasteiger partial charge >= 0.3 is 12.1 Å². The maximum Gasteiger partial charge on any atom is 0.435 e. The number of carbonyl (C=O) groups excluding carboxylic acids is 2. The molecule has 48 heavy (non-hydrogen) atoms. The molecule has 2 aliphatic rings. The second-order valence-corrected chi connectivity index (χ2v) is 13.2. The Kier molecular flexibility index (Phi) is 8.13. The Hall–Kier alpha value is -5.41. The summed E-state index contributed by atoms with van der Waals surface area (Å²) in [5, 5.41) is 28.0. The number of nitro benzene ring substituents is 2. The zero-order valence-corrected chi connectivity index (χ0v) is 27.0. The van der Waals surface area contributed by atoms with E-state index in [1.165, 1.54) is 35.2 Å². The van der Waals surface area contributed by atoms with Gasteiger partial charge in [0, 0.05) is 47.4 Å². The highest BCUT2D eigenvalue weighted by molar-refractivity contribution is 6.02. The minimum Gasteiger partial charge on any atom is -0.442 e. The van der Waals surface area contributed by atoms with Crippen molar-refractivity contribution in [2.75, 3.05) is 18.0 Å². The quantitative estimate of drug-likeness (QED) is 0.170. The Morgan fingerprint density at radius 3 is 2.27 bits per heavy atom. The fraction of sp³-hybridized carbons (Fsp3) is 0.364. The lowest BCUT2D eigenvalue weighted by molar-refractivity contribution is -0.385. The van der Waals surface area contributed by atoms with Gasteiger partial charge < -0.3 is 19.1 Å². The number of urea groups is 1. The van der Waals surface area contributed by atoms with Crippen molar-refractivity contribution in [3.05, 3.63) is 92.5 Å². The molecule has 0 spiro atoms. The number of rotatable bonds is 6. The molecule has 3 aromatic carbocycles. The molecule has 0 aliphatic carbocycles. The van der Waals surface area contributed by atoms with Crippen LogP contribution in [0.4, 0.5) is 26.7 Å². The third-order valence-corrected chi connectivity index (χ3v) is 7.92. The van der Waals surface area contributed by atoms with Gasteiger partial charge in [0.05, 0.1) is 28.5 Å². The lowest BCUT2D eigenvalue weighted by atomic mass is 10.1. The van der Waals surface area contributed by atoms with E-state index in [9.17, 15) is 29.8 Å². The van der Waals surface area contributed by atoms with E-state index in [2.05, 4.69) is 5.10 Å². The minimum absolute atomic E-state index is 0.0712. The summed E-state index contributed by atoms with van der Waals surface area (Å²) in [6.07, 6.45) is -1.73. The number of hydrogen-bond donors (Lipinski definition) is 0. The summed E-state index contributed by atoms with van der Waals surface area (Å²) in [5.74, 6) is -0.910. The number of hydrogen-bond acceptors (Lipinski definition) is 10. The van der Waals surface area contributed by atoms with Crippen molar-refractivity contribution >= 4 is 40.1 Å². The summed E-state index contributed by atoms with van der Waals surface area (Å²) in [5.41, 5.74) is 0.966. The van der Waals surface area contributed by atoms with Crippen molar-refractivity contribution in [1.29, 1.82) is 0 Å². The van der Waals surface area contributed by atoms with Gasteiger partial charge in [0.25, 0.3) is 11.4 Å². The highest BCUT2D eigenvalue weighted by Gasteiger charge is 2.47. The van der Waals surface area contributed by atoms with Gasteiger partial charge in [-0.25, -0.2) is 9.59 Å².